The molecule has 1 fully saturated rings. The van der Waals surface area contributed by atoms with Gasteiger partial charge in [-0.2, -0.15) is 0 Å². The summed E-state index contributed by atoms with van der Waals surface area (Å²) in [6.45, 7) is 3.54. The summed E-state index contributed by atoms with van der Waals surface area (Å²) >= 11 is 0. The maximum Gasteiger partial charge on any atom is 0.350 e. The number of carbonyl (C=O) groups excluding carboxylic acids is 3. The normalized spacial score (nSPS) is 14.9. The zero-order valence-electron chi connectivity index (χ0n) is 16.6. The maximum atomic E-state index is 12.5. The van der Waals surface area contributed by atoms with Crippen LogP contribution in [0.15, 0.2) is 66.4 Å². The van der Waals surface area contributed by atoms with Crippen molar-refractivity contribution in [3.05, 3.63) is 71.9 Å². The Morgan fingerprint density at radius 1 is 1.00 bits per heavy atom. The minimum absolute atomic E-state index is 0.291. The number of carbonyl (C=O) groups is 3. The van der Waals surface area contributed by atoms with Crippen LogP contribution in [0.25, 0.3) is 0 Å². The van der Waals surface area contributed by atoms with E-state index in [0.717, 1.165) is 5.75 Å². The van der Waals surface area contributed by atoms with E-state index in [1.165, 1.54) is 20.0 Å². The molecular weight excluding hydrogens is 388 g/mol. The third-order valence-electron chi connectivity index (χ3n) is 4.06. The van der Waals surface area contributed by atoms with Crippen LogP contribution in [-0.4, -0.2) is 36.8 Å². The lowest BCUT2D eigenvalue weighted by atomic mass is 10.1. The van der Waals surface area contributed by atoms with Gasteiger partial charge in [-0.25, -0.2) is 9.59 Å². The van der Waals surface area contributed by atoms with Gasteiger partial charge in [-0.3, -0.25) is 4.79 Å². The summed E-state index contributed by atoms with van der Waals surface area (Å²) in [5.74, 6) is -2.53. The first-order chi connectivity index (χ1) is 14.4. The van der Waals surface area contributed by atoms with Gasteiger partial charge in [-0.05, 0) is 24.3 Å². The van der Waals surface area contributed by atoms with Crippen molar-refractivity contribution in [2.24, 2.45) is 0 Å². The number of ether oxygens (including phenoxy) is 3. The molecule has 0 aromatic heterocycles. The van der Waals surface area contributed by atoms with Gasteiger partial charge in [0.1, 0.15) is 12.4 Å². The van der Waals surface area contributed by atoms with E-state index in [1.807, 2.05) is 30.3 Å². The molecule has 1 saturated heterocycles. The van der Waals surface area contributed by atoms with Crippen LogP contribution in [-0.2, 0) is 19.1 Å². The van der Waals surface area contributed by atoms with Gasteiger partial charge in [0.2, 0.25) is 0 Å². The minimum Gasteiger partial charge on any atom is -0.492 e. The molecule has 2 aromatic carbocycles. The van der Waals surface area contributed by atoms with Crippen molar-refractivity contribution in [3.8, 4) is 5.75 Å². The van der Waals surface area contributed by atoms with Crippen molar-refractivity contribution in [2.75, 3.05) is 18.5 Å². The second-order valence-corrected chi connectivity index (χ2v) is 6.84. The van der Waals surface area contributed by atoms with Crippen molar-refractivity contribution in [1.29, 1.82) is 0 Å². The Bertz CT molecular complexity index is 947. The lowest BCUT2D eigenvalue weighted by Crippen LogP contribution is -2.42. The van der Waals surface area contributed by atoms with Crippen LogP contribution in [0.5, 0.6) is 5.75 Å². The van der Waals surface area contributed by atoms with E-state index in [9.17, 15) is 14.4 Å². The van der Waals surface area contributed by atoms with Gasteiger partial charge < -0.3 is 24.8 Å². The van der Waals surface area contributed by atoms with Crippen LogP contribution in [0.1, 0.15) is 24.2 Å². The molecule has 0 unspecified atom stereocenters. The largest absolute Gasteiger partial charge is 0.492 e. The number of benzene rings is 2. The molecule has 0 bridgehead atoms. The topological polar surface area (TPSA) is 103 Å². The van der Waals surface area contributed by atoms with E-state index in [4.69, 9.17) is 14.2 Å². The molecule has 2 aromatic rings. The molecule has 0 atom stereocenters. The van der Waals surface area contributed by atoms with Crippen molar-refractivity contribution >= 4 is 23.5 Å². The fraction of sp³-hybridized carbons (Fsp3) is 0.227. The molecule has 30 heavy (non-hydrogen) atoms. The number of rotatable bonds is 7. The third kappa shape index (κ3) is 5.38. The molecule has 0 spiro atoms. The van der Waals surface area contributed by atoms with E-state index in [0.29, 0.717) is 24.4 Å². The van der Waals surface area contributed by atoms with Crippen LogP contribution in [0.4, 0.5) is 5.69 Å². The highest BCUT2D eigenvalue weighted by atomic mass is 16.7. The number of hydrogen-bond acceptors (Lipinski definition) is 7. The number of hydrogen-bond donors (Lipinski definition) is 2. The molecular formula is C22H22N2O6. The molecule has 1 aliphatic heterocycles. The fourth-order valence-corrected chi connectivity index (χ4v) is 2.68. The number of cyclic esters (lactones) is 2. The Kier molecular flexibility index (Phi) is 6.36. The summed E-state index contributed by atoms with van der Waals surface area (Å²) in [4.78, 5) is 36.6. The van der Waals surface area contributed by atoms with E-state index in [2.05, 4.69) is 10.6 Å². The van der Waals surface area contributed by atoms with Gasteiger partial charge in [0.25, 0.3) is 11.7 Å². The highest BCUT2D eigenvalue weighted by Gasteiger charge is 2.39. The second-order valence-electron chi connectivity index (χ2n) is 6.84. The highest BCUT2D eigenvalue weighted by molar-refractivity contribution is 6.15. The van der Waals surface area contributed by atoms with Crippen LogP contribution in [0, 0.1) is 0 Å². The lowest BCUT2D eigenvalue weighted by Gasteiger charge is -2.29. The number of amides is 1. The summed E-state index contributed by atoms with van der Waals surface area (Å²) < 4.78 is 15.6. The van der Waals surface area contributed by atoms with Gasteiger partial charge in [0, 0.05) is 20.0 Å². The molecule has 1 aliphatic rings. The Morgan fingerprint density at radius 3 is 2.33 bits per heavy atom. The van der Waals surface area contributed by atoms with E-state index < -0.39 is 17.7 Å². The molecule has 1 amide bonds. The van der Waals surface area contributed by atoms with Crippen molar-refractivity contribution in [3.63, 3.8) is 0 Å². The molecule has 156 valence electrons. The van der Waals surface area contributed by atoms with Gasteiger partial charge in [0.15, 0.2) is 5.57 Å². The standard InChI is InChI=1S/C22H22N2O6/c1-22(2)29-20(26)17(21(27)30-22)14-24-18-11-7-6-10-16(18)19(25)23-12-13-28-15-8-4-3-5-9-15/h3-11,14,24H,12-13H2,1-2H3,(H,23,25). The third-order valence-corrected chi connectivity index (χ3v) is 4.06. The molecule has 0 saturated carbocycles. The maximum absolute atomic E-state index is 12.5. The summed E-state index contributed by atoms with van der Waals surface area (Å²) in [7, 11) is 0. The average molecular weight is 410 g/mol. The first kappa shape index (κ1) is 20.9. The minimum atomic E-state index is -1.31. The zero-order chi connectivity index (χ0) is 21.6. The van der Waals surface area contributed by atoms with Gasteiger partial charge >= 0.3 is 11.9 Å². The van der Waals surface area contributed by atoms with Crippen molar-refractivity contribution in [1.82, 2.24) is 5.32 Å². The Hall–Kier alpha value is -3.81. The van der Waals surface area contributed by atoms with Gasteiger partial charge in [-0.1, -0.05) is 30.3 Å². The van der Waals surface area contributed by atoms with Gasteiger partial charge in [0.05, 0.1) is 17.8 Å². The monoisotopic (exact) mass is 410 g/mol. The van der Waals surface area contributed by atoms with E-state index in [1.54, 1.807) is 24.3 Å². The molecule has 8 nitrogen and oxygen atoms in total. The summed E-state index contributed by atoms with van der Waals surface area (Å²) in [6, 6.07) is 16.0. The molecule has 8 heteroatoms. The number of para-hydroxylation sites is 2. The smallest absolute Gasteiger partial charge is 0.350 e. The highest BCUT2D eigenvalue weighted by Crippen LogP contribution is 2.23. The zero-order valence-corrected chi connectivity index (χ0v) is 16.6. The first-order valence-electron chi connectivity index (χ1n) is 9.34. The lowest BCUT2D eigenvalue weighted by molar-refractivity contribution is -0.222. The molecule has 0 aliphatic carbocycles. The molecule has 0 radical (unpaired) electrons. The Balaban J connectivity index is 1.60. The van der Waals surface area contributed by atoms with Crippen LogP contribution in [0.3, 0.4) is 0 Å². The van der Waals surface area contributed by atoms with Crippen LogP contribution in [0.2, 0.25) is 0 Å². The SMILES string of the molecule is CC1(C)OC(=O)C(=CNc2ccccc2C(=O)NCCOc2ccccc2)C(=O)O1. The predicted octanol–water partition coefficient (Wildman–Crippen LogP) is 2.63. The average Bonchev–Trinajstić information content (AvgIpc) is 2.70. The fourth-order valence-electron chi connectivity index (χ4n) is 2.68. The first-order valence-corrected chi connectivity index (χ1v) is 9.34. The molecule has 1 heterocycles. The second kappa shape index (κ2) is 9.13. The van der Waals surface area contributed by atoms with Crippen molar-refractivity contribution < 1.29 is 28.6 Å². The predicted molar refractivity (Wildman–Crippen MR) is 109 cm³/mol. The van der Waals surface area contributed by atoms with E-state index in [-0.39, 0.29) is 11.5 Å². The van der Waals surface area contributed by atoms with E-state index >= 15 is 0 Å². The summed E-state index contributed by atoms with van der Waals surface area (Å²) in [5, 5.41) is 5.58. The number of nitrogens with one attached hydrogen (secondary N) is 2. The summed E-state index contributed by atoms with van der Waals surface area (Å²) in [5.41, 5.74) is 0.463. The van der Waals surface area contributed by atoms with Crippen molar-refractivity contribution in [2.45, 2.75) is 19.6 Å². The Morgan fingerprint density at radius 2 is 1.63 bits per heavy atom. The number of anilines is 1. The summed E-state index contributed by atoms with van der Waals surface area (Å²) in [6.07, 6.45) is 1.17. The molecule has 2 N–H and O–H groups in total. The number of esters is 2. The molecule has 3 rings (SSSR count). The quantitative estimate of drug-likeness (QED) is 0.313. The van der Waals surface area contributed by atoms with Crippen LogP contribution >= 0.6 is 0 Å². The van der Waals surface area contributed by atoms with Crippen LogP contribution < -0.4 is 15.4 Å². The Labute approximate surface area is 173 Å². The van der Waals surface area contributed by atoms with Gasteiger partial charge in [-0.15, -0.1) is 0 Å².